The number of aromatic amines is 1. The molecule has 1 heterocycles. The second kappa shape index (κ2) is 6.33. The van der Waals surface area contributed by atoms with E-state index in [0.29, 0.717) is 10.7 Å². The summed E-state index contributed by atoms with van der Waals surface area (Å²) < 4.78 is 0. The van der Waals surface area contributed by atoms with Gasteiger partial charge in [-0.1, -0.05) is 0 Å². The van der Waals surface area contributed by atoms with Crippen LogP contribution in [-0.4, -0.2) is 61.4 Å². The average Bonchev–Trinajstić information content (AvgIpc) is 2.79. The van der Waals surface area contributed by atoms with Gasteiger partial charge in [0.1, 0.15) is 25.2 Å². The van der Waals surface area contributed by atoms with Crippen molar-refractivity contribution in [1.82, 2.24) is 25.4 Å². The summed E-state index contributed by atoms with van der Waals surface area (Å²) in [7, 11) is 0. The molecule has 1 atom stereocenters. The molecular formula is C9H13N5O5. The van der Waals surface area contributed by atoms with Gasteiger partial charge in [0.25, 0.3) is 0 Å². The lowest BCUT2D eigenvalue weighted by atomic mass is 10.3. The Bertz CT molecular complexity index is 444. The highest BCUT2D eigenvalue weighted by Crippen LogP contribution is 2.05. The molecule has 1 aromatic heterocycles. The number of hydrogen-bond donors (Lipinski definition) is 4. The van der Waals surface area contributed by atoms with E-state index in [0.717, 1.165) is 0 Å². The van der Waals surface area contributed by atoms with Crippen molar-refractivity contribution in [2.45, 2.75) is 13.0 Å². The Morgan fingerprint density at radius 2 is 1.95 bits per heavy atom. The maximum Gasteiger partial charge on any atom is 0.323 e. The number of carboxylic acids is 2. The summed E-state index contributed by atoms with van der Waals surface area (Å²) in [4.78, 5) is 37.4. The maximum absolute atomic E-state index is 11.7. The van der Waals surface area contributed by atoms with Gasteiger partial charge < -0.3 is 20.4 Å². The number of nitrogens with zero attached hydrogens (tertiary/aromatic N) is 3. The lowest BCUT2D eigenvalue weighted by Gasteiger charge is -2.21. The van der Waals surface area contributed by atoms with Crippen LogP contribution in [0, 0.1) is 0 Å². The number of aromatic nitrogens is 3. The third-order valence-corrected chi connectivity index (χ3v) is 2.12. The van der Waals surface area contributed by atoms with Gasteiger partial charge >= 0.3 is 18.0 Å². The van der Waals surface area contributed by atoms with Crippen LogP contribution in [0.2, 0.25) is 0 Å². The van der Waals surface area contributed by atoms with Gasteiger partial charge in [-0.05, 0) is 6.92 Å². The molecule has 2 amide bonds. The predicted octanol–water partition coefficient (Wildman–Crippen LogP) is -0.953. The first-order valence-electron chi connectivity index (χ1n) is 5.24. The van der Waals surface area contributed by atoms with Crippen LogP contribution in [-0.2, 0) is 9.59 Å². The zero-order chi connectivity index (χ0) is 14.4. The van der Waals surface area contributed by atoms with Gasteiger partial charge in [-0.3, -0.25) is 14.7 Å². The Kier molecular flexibility index (Phi) is 4.80. The standard InChI is InChI=1S/C9H13N5O5/c1-5(8-10-4-11-13-8)12-9(19)14(2-6(15)16)3-7(17)18/h4-5H,2-3H2,1H3,(H,12,19)(H,15,16)(H,17,18)(H,10,11,13). The number of H-pyrrole nitrogens is 1. The number of aliphatic carboxylic acids is 2. The molecule has 1 unspecified atom stereocenters. The first-order valence-corrected chi connectivity index (χ1v) is 5.24. The summed E-state index contributed by atoms with van der Waals surface area (Å²) in [6, 6.07) is -1.37. The maximum atomic E-state index is 11.7. The van der Waals surface area contributed by atoms with E-state index >= 15 is 0 Å². The highest BCUT2D eigenvalue weighted by Gasteiger charge is 2.22. The van der Waals surface area contributed by atoms with Crippen molar-refractivity contribution in [2.24, 2.45) is 0 Å². The Morgan fingerprint density at radius 1 is 1.37 bits per heavy atom. The van der Waals surface area contributed by atoms with Crippen molar-refractivity contribution in [2.75, 3.05) is 13.1 Å². The molecule has 10 nitrogen and oxygen atoms in total. The van der Waals surface area contributed by atoms with Crippen molar-refractivity contribution < 1.29 is 24.6 Å². The van der Waals surface area contributed by atoms with E-state index < -0.39 is 37.1 Å². The van der Waals surface area contributed by atoms with Crippen LogP contribution in [0.1, 0.15) is 18.8 Å². The fourth-order valence-corrected chi connectivity index (χ4v) is 1.29. The number of carbonyl (C=O) groups is 3. The summed E-state index contributed by atoms with van der Waals surface area (Å²) in [5.41, 5.74) is 0. The second-order valence-electron chi connectivity index (χ2n) is 3.69. The molecule has 0 saturated heterocycles. The fraction of sp³-hybridized carbons (Fsp3) is 0.444. The average molecular weight is 271 g/mol. The summed E-state index contributed by atoms with van der Waals surface area (Å²) >= 11 is 0. The number of carboxylic acid groups (broad SMARTS) is 2. The zero-order valence-electron chi connectivity index (χ0n) is 10.0. The molecule has 0 bridgehead atoms. The summed E-state index contributed by atoms with van der Waals surface area (Å²) in [6.07, 6.45) is 1.25. The van der Waals surface area contributed by atoms with Crippen molar-refractivity contribution >= 4 is 18.0 Å². The Labute approximate surface area is 107 Å². The van der Waals surface area contributed by atoms with Gasteiger partial charge in [0, 0.05) is 0 Å². The highest BCUT2D eigenvalue weighted by atomic mass is 16.4. The highest BCUT2D eigenvalue weighted by molar-refractivity contribution is 5.84. The molecule has 104 valence electrons. The third-order valence-electron chi connectivity index (χ3n) is 2.12. The van der Waals surface area contributed by atoms with Crippen LogP contribution in [0.15, 0.2) is 6.33 Å². The SMILES string of the molecule is CC(NC(=O)N(CC(=O)O)CC(=O)O)c1ncn[nH]1. The minimum atomic E-state index is -1.30. The second-order valence-corrected chi connectivity index (χ2v) is 3.69. The van der Waals surface area contributed by atoms with Gasteiger partial charge in [-0.15, -0.1) is 0 Å². The van der Waals surface area contributed by atoms with Crippen molar-refractivity contribution in [1.29, 1.82) is 0 Å². The molecule has 0 spiro atoms. The van der Waals surface area contributed by atoms with Crippen molar-refractivity contribution in [3.63, 3.8) is 0 Å². The van der Waals surface area contributed by atoms with E-state index in [-0.39, 0.29) is 0 Å². The Morgan fingerprint density at radius 3 is 2.37 bits per heavy atom. The van der Waals surface area contributed by atoms with E-state index in [4.69, 9.17) is 10.2 Å². The minimum Gasteiger partial charge on any atom is -0.480 e. The Balaban J connectivity index is 2.65. The molecule has 0 aliphatic rings. The molecule has 1 rings (SSSR count). The number of rotatable bonds is 6. The molecule has 0 aromatic carbocycles. The lowest BCUT2D eigenvalue weighted by Crippen LogP contribution is -2.46. The largest absolute Gasteiger partial charge is 0.480 e. The summed E-state index contributed by atoms with van der Waals surface area (Å²) in [5.74, 6) is -2.23. The molecule has 1 aromatic rings. The van der Waals surface area contributed by atoms with E-state index in [2.05, 4.69) is 20.5 Å². The minimum absolute atomic E-state index is 0.374. The van der Waals surface area contributed by atoms with Crippen LogP contribution in [0.3, 0.4) is 0 Å². The van der Waals surface area contributed by atoms with E-state index in [1.54, 1.807) is 6.92 Å². The summed E-state index contributed by atoms with van der Waals surface area (Å²) in [5, 5.41) is 25.8. The smallest absolute Gasteiger partial charge is 0.323 e. The number of hydrogen-bond acceptors (Lipinski definition) is 5. The molecule has 10 heteroatoms. The van der Waals surface area contributed by atoms with E-state index in [1.807, 2.05) is 0 Å². The van der Waals surface area contributed by atoms with Crippen molar-refractivity contribution in [3.8, 4) is 0 Å². The van der Waals surface area contributed by atoms with Gasteiger partial charge in [0.15, 0.2) is 0 Å². The molecule has 0 saturated carbocycles. The molecule has 0 aliphatic carbocycles. The van der Waals surface area contributed by atoms with E-state index in [1.165, 1.54) is 6.33 Å². The quantitative estimate of drug-likeness (QED) is 0.521. The number of nitrogens with one attached hydrogen (secondary N) is 2. The van der Waals surface area contributed by atoms with Crippen LogP contribution in [0.25, 0.3) is 0 Å². The van der Waals surface area contributed by atoms with Crippen LogP contribution in [0.5, 0.6) is 0 Å². The molecular weight excluding hydrogens is 258 g/mol. The van der Waals surface area contributed by atoms with Gasteiger partial charge in [-0.25, -0.2) is 9.78 Å². The summed E-state index contributed by atoms with van der Waals surface area (Å²) in [6.45, 7) is 0.181. The number of carbonyl (C=O) groups excluding carboxylic acids is 1. The first-order chi connectivity index (χ1) is 8.90. The number of amides is 2. The molecule has 0 aliphatic heterocycles. The lowest BCUT2D eigenvalue weighted by molar-refractivity contribution is -0.140. The van der Waals surface area contributed by atoms with Gasteiger partial charge in [-0.2, -0.15) is 5.10 Å². The van der Waals surface area contributed by atoms with Crippen molar-refractivity contribution in [3.05, 3.63) is 12.2 Å². The fourth-order valence-electron chi connectivity index (χ4n) is 1.29. The zero-order valence-corrected chi connectivity index (χ0v) is 10.0. The van der Waals surface area contributed by atoms with Crippen LogP contribution < -0.4 is 5.32 Å². The van der Waals surface area contributed by atoms with Gasteiger partial charge in [0.05, 0.1) is 6.04 Å². The first kappa shape index (κ1) is 14.4. The predicted molar refractivity (Wildman–Crippen MR) is 60.2 cm³/mol. The number of urea groups is 1. The molecule has 0 fully saturated rings. The molecule has 4 N–H and O–H groups in total. The monoisotopic (exact) mass is 271 g/mol. The Hall–Kier alpha value is -2.65. The van der Waals surface area contributed by atoms with Crippen LogP contribution in [0.4, 0.5) is 4.79 Å². The van der Waals surface area contributed by atoms with E-state index in [9.17, 15) is 14.4 Å². The topological polar surface area (TPSA) is 149 Å². The van der Waals surface area contributed by atoms with Crippen LogP contribution >= 0.6 is 0 Å². The molecule has 0 radical (unpaired) electrons. The normalized spacial score (nSPS) is 11.6. The van der Waals surface area contributed by atoms with Gasteiger partial charge in [0.2, 0.25) is 0 Å². The third kappa shape index (κ3) is 4.61. The molecule has 19 heavy (non-hydrogen) atoms.